The van der Waals surface area contributed by atoms with Gasteiger partial charge in [0.2, 0.25) is 5.91 Å². The lowest BCUT2D eigenvalue weighted by atomic mass is 10.1. The van der Waals surface area contributed by atoms with Crippen LogP contribution < -0.4 is 5.32 Å². The Bertz CT molecular complexity index is 190. The minimum atomic E-state index is -0.438. The maximum atomic E-state index is 10.9. The van der Waals surface area contributed by atoms with Gasteiger partial charge in [-0.15, -0.1) is 0 Å². The highest BCUT2D eigenvalue weighted by molar-refractivity contribution is 5.84. The monoisotopic (exact) mass is 157 g/mol. The molecule has 1 fully saturated rings. The van der Waals surface area contributed by atoms with Crippen LogP contribution in [0.1, 0.15) is 13.8 Å². The fraction of sp³-hybridized carbons (Fsp3) is 0.714. The molecule has 1 aliphatic rings. The molecular weight excluding hydrogens is 146 g/mol. The second-order valence-corrected chi connectivity index (χ2v) is 2.79. The highest BCUT2D eigenvalue weighted by Gasteiger charge is 2.33. The molecule has 1 saturated heterocycles. The van der Waals surface area contributed by atoms with Crippen LogP contribution in [0.5, 0.6) is 0 Å². The molecule has 0 radical (unpaired) electrons. The third-order valence-electron chi connectivity index (χ3n) is 1.67. The van der Waals surface area contributed by atoms with Gasteiger partial charge in [-0.25, -0.2) is 4.79 Å². The van der Waals surface area contributed by atoms with Crippen molar-refractivity contribution in [3.05, 3.63) is 0 Å². The van der Waals surface area contributed by atoms with Gasteiger partial charge in [0.1, 0.15) is 6.04 Å². The maximum absolute atomic E-state index is 10.9. The predicted molar refractivity (Wildman–Crippen MR) is 37.7 cm³/mol. The second kappa shape index (κ2) is 2.90. The van der Waals surface area contributed by atoms with Crippen LogP contribution >= 0.6 is 0 Å². The van der Waals surface area contributed by atoms with Crippen LogP contribution in [0.25, 0.3) is 0 Å². The molecule has 0 aromatic carbocycles. The van der Waals surface area contributed by atoms with E-state index in [9.17, 15) is 9.59 Å². The molecule has 62 valence electrons. The van der Waals surface area contributed by atoms with Gasteiger partial charge < -0.3 is 10.1 Å². The summed E-state index contributed by atoms with van der Waals surface area (Å²) in [7, 11) is 0. The first-order valence-electron chi connectivity index (χ1n) is 3.55. The molecular formula is C7H11NO3. The summed E-state index contributed by atoms with van der Waals surface area (Å²) in [5, 5.41) is 2.53. The van der Waals surface area contributed by atoms with E-state index in [-0.39, 0.29) is 17.8 Å². The van der Waals surface area contributed by atoms with E-state index < -0.39 is 6.04 Å². The number of esters is 1. The van der Waals surface area contributed by atoms with Crippen molar-refractivity contribution < 1.29 is 14.3 Å². The highest BCUT2D eigenvalue weighted by atomic mass is 16.5. The summed E-state index contributed by atoms with van der Waals surface area (Å²) in [5.74, 6) is -0.431. The lowest BCUT2D eigenvalue weighted by Gasteiger charge is -2.09. The zero-order valence-corrected chi connectivity index (χ0v) is 6.59. The summed E-state index contributed by atoms with van der Waals surface area (Å²) in [4.78, 5) is 21.5. The summed E-state index contributed by atoms with van der Waals surface area (Å²) in [6, 6.07) is -0.438. The van der Waals surface area contributed by atoms with Gasteiger partial charge in [-0.3, -0.25) is 4.79 Å². The number of ether oxygens (including phenoxy) is 1. The van der Waals surface area contributed by atoms with E-state index in [1.807, 2.05) is 6.92 Å². The highest BCUT2D eigenvalue weighted by Crippen LogP contribution is 2.13. The van der Waals surface area contributed by atoms with E-state index in [2.05, 4.69) is 5.32 Å². The third-order valence-corrected chi connectivity index (χ3v) is 1.67. The van der Waals surface area contributed by atoms with Crippen molar-refractivity contribution in [2.24, 2.45) is 5.92 Å². The van der Waals surface area contributed by atoms with E-state index >= 15 is 0 Å². The van der Waals surface area contributed by atoms with Crippen LogP contribution in [0, 0.1) is 5.92 Å². The molecule has 0 aliphatic carbocycles. The topological polar surface area (TPSA) is 55.4 Å². The van der Waals surface area contributed by atoms with Gasteiger partial charge >= 0.3 is 5.97 Å². The Hall–Kier alpha value is -1.06. The Balaban J connectivity index is 2.54. The fourth-order valence-corrected chi connectivity index (χ4v) is 1.05. The van der Waals surface area contributed by atoms with E-state index in [0.29, 0.717) is 6.61 Å². The van der Waals surface area contributed by atoms with Crippen LogP contribution in [0.4, 0.5) is 0 Å². The molecule has 0 aromatic rings. The summed E-state index contributed by atoms with van der Waals surface area (Å²) >= 11 is 0. The minimum absolute atomic E-state index is 0.0893. The molecule has 1 amide bonds. The first-order chi connectivity index (χ1) is 5.11. The van der Waals surface area contributed by atoms with Gasteiger partial charge in [0.05, 0.1) is 6.61 Å². The zero-order valence-electron chi connectivity index (χ0n) is 6.59. The molecule has 11 heavy (non-hydrogen) atoms. The minimum Gasteiger partial charge on any atom is -0.464 e. The number of cyclic esters (lactones) is 1. The van der Waals surface area contributed by atoms with Gasteiger partial charge in [-0.2, -0.15) is 0 Å². The summed E-state index contributed by atoms with van der Waals surface area (Å²) in [5.41, 5.74) is 0. The largest absolute Gasteiger partial charge is 0.464 e. The molecule has 0 saturated carbocycles. The van der Waals surface area contributed by atoms with Crippen LogP contribution in [0.3, 0.4) is 0 Å². The van der Waals surface area contributed by atoms with Crippen molar-refractivity contribution in [2.75, 3.05) is 6.61 Å². The van der Waals surface area contributed by atoms with Gasteiger partial charge in [-0.1, -0.05) is 6.92 Å². The Morgan fingerprint density at radius 2 is 2.36 bits per heavy atom. The Labute approximate surface area is 64.9 Å². The molecule has 1 aliphatic heterocycles. The number of nitrogens with one attached hydrogen (secondary N) is 1. The molecule has 0 bridgehead atoms. The van der Waals surface area contributed by atoms with Crippen LogP contribution in [-0.4, -0.2) is 24.5 Å². The lowest BCUT2D eigenvalue weighted by molar-refractivity contribution is -0.141. The molecule has 1 rings (SSSR count). The summed E-state index contributed by atoms with van der Waals surface area (Å²) in [6.07, 6.45) is 0. The van der Waals surface area contributed by atoms with Gasteiger partial charge in [0.15, 0.2) is 0 Å². The van der Waals surface area contributed by atoms with E-state index in [0.717, 1.165) is 0 Å². The van der Waals surface area contributed by atoms with Crippen molar-refractivity contribution in [1.29, 1.82) is 0 Å². The molecule has 1 heterocycles. The van der Waals surface area contributed by atoms with Crippen molar-refractivity contribution in [1.82, 2.24) is 5.32 Å². The lowest BCUT2D eigenvalue weighted by Crippen LogP contribution is -2.40. The third kappa shape index (κ3) is 1.69. The van der Waals surface area contributed by atoms with Crippen LogP contribution in [-0.2, 0) is 14.3 Å². The second-order valence-electron chi connectivity index (χ2n) is 2.79. The first-order valence-corrected chi connectivity index (χ1v) is 3.55. The smallest absolute Gasteiger partial charge is 0.329 e. The van der Waals surface area contributed by atoms with Gasteiger partial charge in [-0.05, 0) is 0 Å². The normalized spacial score (nSPS) is 29.8. The van der Waals surface area contributed by atoms with Crippen molar-refractivity contribution in [3.63, 3.8) is 0 Å². The zero-order chi connectivity index (χ0) is 8.43. The number of carbonyl (C=O) groups is 2. The predicted octanol–water partition coefficient (Wildman–Crippen LogP) is -0.316. The molecule has 1 N–H and O–H groups in total. The average molecular weight is 157 g/mol. The Kier molecular flexibility index (Phi) is 2.12. The fourth-order valence-electron chi connectivity index (χ4n) is 1.05. The number of rotatable bonds is 1. The van der Waals surface area contributed by atoms with Gasteiger partial charge in [0.25, 0.3) is 0 Å². The average Bonchev–Trinajstić information content (AvgIpc) is 2.18. The molecule has 0 spiro atoms. The van der Waals surface area contributed by atoms with Crippen LogP contribution in [0.2, 0.25) is 0 Å². The Morgan fingerprint density at radius 3 is 2.73 bits per heavy atom. The van der Waals surface area contributed by atoms with Crippen molar-refractivity contribution in [2.45, 2.75) is 19.9 Å². The molecule has 4 nitrogen and oxygen atoms in total. The van der Waals surface area contributed by atoms with Crippen LogP contribution in [0.15, 0.2) is 0 Å². The summed E-state index contributed by atoms with van der Waals surface area (Å²) in [6.45, 7) is 3.66. The van der Waals surface area contributed by atoms with E-state index in [1.165, 1.54) is 6.92 Å². The summed E-state index contributed by atoms with van der Waals surface area (Å²) < 4.78 is 4.72. The number of hydrogen-bond donors (Lipinski definition) is 1. The standard InChI is InChI=1S/C7H11NO3/c1-4-3-11-7(10)6(4)8-5(2)9/h4,6H,3H2,1-2H3,(H,8,9)/t4-,6-/m0/s1. The van der Waals surface area contributed by atoms with E-state index in [1.54, 1.807) is 0 Å². The molecule has 2 atom stereocenters. The quantitative estimate of drug-likeness (QED) is 0.531. The molecule has 0 aromatic heterocycles. The SMILES string of the molecule is CC(=O)N[C@@H]1C(=O)OC[C@@H]1C. The molecule has 0 unspecified atom stereocenters. The number of hydrogen-bond acceptors (Lipinski definition) is 3. The van der Waals surface area contributed by atoms with Crippen molar-refractivity contribution >= 4 is 11.9 Å². The molecule has 4 heteroatoms. The van der Waals surface area contributed by atoms with Crippen molar-refractivity contribution in [3.8, 4) is 0 Å². The first kappa shape index (κ1) is 8.04. The van der Waals surface area contributed by atoms with E-state index in [4.69, 9.17) is 4.74 Å². The Morgan fingerprint density at radius 1 is 1.73 bits per heavy atom. The number of carbonyl (C=O) groups excluding carboxylic acids is 2. The maximum Gasteiger partial charge on any atom is 0.329 e. The van der Waals surface area contributed by atoms with Gasteiger partial charge in [0, 0.05) is 12.8 Å². The number of amides is 1.